The maximum atomic E-state index is 12.3. The number of aryl methyl sites for hydroxylation is 1. The van der Waals surface area contributed by atoms with Crippen LogP contribution in [0.2, 0.25) is 0 Å². The number of pyridine rings is 1. The summed E-state index contributed by atoms with van der Waals surface area (Å²) in [6.45, 7) is 6.32. The number of benzene rings is 1. The molecule has 0 spiro atoms. The van der Waals surface area contributed by atoms with Gasteiger partial charge >= 0.3 is 6.36 Å². The lowest BCUT2D eigenvalue weighted by atomic mass is 10.1. The van der Waals surface area contributed by atoms with Gasteiger partial charge < -0.3 is 9.30 Å². The molecule has 3 aromatic rings. The van der Waals surface area contributed by atoms with Crippen molar-refractivity contribution in [3.05, 3.63) is 58.5 Å². The zero-order valence-corrected chi connectivity index (χ0v) is 17.5. The predicted molar refractivity (Wildman–Crippen MR) is 111 cm³/mol. The molecule has 1 saturated heterocycles. The topological polar surface area (TPSA) is 55.5 Å². The number of hydrogen-bond acceptors (Lipinski definition) is 5. The van der Waals surface area contributed by atoms with Crippen LogP contribution in [-0.2, 0) is 13.6 Å². The number of ether oxygens (including phenoxy) is 1. The molecule has 3 heterocycles. The smallest absolute Gasteiger partial charge is 0.406 e. The molecule has 0 amide bonds. The normalized spacial score (nSPS) is 20.4. The average molecular weight is 435 g/mol. The molecule has 0 saturated carbocycles. The molecule has 1 aliphatic heterocycles. The van der Waals surface area contributed by atoms with Gasteiger partial charge in [0.2, 0.25) is 0 Å². The highest BCUT2D eigenvalue weighted by atomic mass is 19.4. The van der Waals surface area contributed by atoms with Crippen molar-refractivity contribution in [3.63, 3.8) is 0 Å². The minimum atomic E-state index is -4.69. The standard InChI is InChI=1S/C21H24F3N5O2/c1-14-11-28(29-13-19-18(25-29)8-9-20(30)26(19)3)15(2)10-27(14)12-16-4-6-17(7-5-16)31-21(22,23)24/h4-9,13-15H,10-12H2,1-3H3/t14-,15+/m1/s1. The minimum absolute atomic E-state index is 0.0788. The Bertz CT molecular complexity index is 1120. The molecule has 1 aromatic carbocycles. The van der Waals surface area contributed by atoms with Crippen LogP contribution in [0.5, 0.6) is 5.75 Å². The Balaban J connectivity index is 1.46. The molecule has 166 valence electrons. The van der Waals surface area contributed by atoms with E-state index in [-0.39, 0.29) is 23.4 Å². The Morgan fingerprint density at radius 2 is 1.77 bits per heavy atom. The number of nitrogens with zero attached hydrogens (tertiary/aromatic N) is 5. The van der Waals surface area contributed by atoms with Gasteiger partial charge in [0, 0.05) is 32.2 Å². The molecule has 4 rings (SSSR count). The van der Waals surface area contributed by atoms with Crippen LogP contribution in [0.1, 0.15) is 19.4 Å². The SMILES string of the molecule is C[C@@H]1CN(n2cc3c(ccc(=O)n3C)n2)[C@@H](C)CN1Cc1ccc(OC(F)(F)F)cc1. The van der Waals surface area contributed by atoms with Crippen molar-refractivity contribution in [3.8, 4) is 5.75 Å². The molecule has 7 nitrogen and oxygen atoms in total. The van der Waals surface area contributed by atoms with E-state index in [4.69, 9.17) is 0 Å². The Labute approximate surface area is 177 Å². The summed E-state index contributed by atoms with van der Waals surface area (Å²) in [4.78, 5) is 16.0. The predicted octanol–water partition coefficient (Wildman–Crippen LogP) is 2.86. The fourth-order valence-corrected chi connectivity index (χ4v) is 3.97. The summed E-state index contributed by atoms with van der Waals surface area (Å²) in [6, 6.07) is 9.57. The van der Waals surface area contributed by atoms with Gasteiger partial charge in [0.25, 0.3) is 5.56 Å². The lowest BCUT2D eigenvalue weighted by Gasteiger charge is -2.44. The zero-order chi connectivity index (χ0) is 22.3. The van der Waals surface area contributed by atoms with E-state index in [0.29, 0.717) is 6.54 Å². The molecule has 2 atom stereocenters. The molecular weight excluding hydrogens is 411 g/mol. The van der Waals surface area contributed by atoms with Crippen molar-refractivity contribution in [2.75, 3.05) is 18.1 Å². The van der Waals surface area contributed by atoms with Crippen molar-refractivity contribution in [2.24, 2.45) is 7.05 Å². The second kappa shape index (κ2) is 7.92. The summed E-state index contributed by atoms with van der Waals surface area (Å²) in [5.41, 5.74) is 2.37. The molecule has 0 N–H and O–H groups in total. The quantitative estimate of drug-likeness (QED) is 0.631. The molecule has 1 aliphatic rings. The Morgan fingerprint density at radius 3 is 2.45 bits per heavy atom. The van der Waals surface area contributed by atoms with Crippen LogP contribution in [0.15, 0.2) is 47.4 Å². The third-order valence-corrected chi connectivity index (χ3v) is 5.67. The second-order valence-electron chi connectivity index (χ2n) is 7.99. The van der Waals surface area contributed by atoms with E-state index in [9.17, 15) is 18.0 Å². The van der Waals surface area contributed by atoms with Gasteiger partial charge in [-0.1, -0.05) is 12.1 Å². The van der Waals surface area contributed by atoms with Gasteiger partial charge in [-0.3, -0.25) is 14.7 Å². The Hall–Kier alpha value is -3.01. The van der Waals surface area contributed by atoms with Gasteiger partial charge in [-0.15, -0.1) is 13.2 Å². The van der Waals surface area contributed by atoms with Crippen LogP contribution in [0.25, 0.3) is 11.0 Å². The number of halogens is 3. The van der Waals surface area contributed by atoms with E-state index in [1.165, 1.54) is 18.2 Å². The van der Waals surface area contributed by atoms with Gasteiger partial charge in [0.1, 0.15) is 11.3 Å². The van der Waals surface area contributed by atoms with E-state index in [2.05, 4.69) is 33.6 Å². The first kappa shape index (κ1) is 21.2. The van der Waals surface area contributed by atoms with Crippen molar-refractivity contribution < 1.29 is 17.9 Å². The van der Waals surface area contributed by atoms with E-state index in [1.54, 1.807) is 29.8 Å². The highest BCUT2D eigenvalue weighted by Gasteiger charge is 2.32. The summed E-state index contributed by atoms with van der Waals surface area (Å²) in [5.74, 6) is -0.220. The molecule has 1 fully saturated rings. The summed E-state index contributed by atoms with van der Waals surface area (Å²) >= 11 is 0. The Kier molecular flexibility index (Phi) is 5.42. The molecule has 31 heavy (non-hydrogen) atoms. The van der Waals surface area contributed by atoms with Crippen LogP contribution < -0.4 is 15.3 Å². The first-order valence-electron chi connectivity index (χ1n) is 10.0. The maximum Gasteiger partial charge on any atom is 0.573 e. The highest BCUT2D eigenvalue weighted by Crippen LogP contribution is 2.24. The van der Waals surface area contributed by atoms with E-state index < -0.39 is 6.36 Å². The molecule has 10 heteroatoms. The van der Waals surface area contributed by atoms with Crippen LogP contribution in [0, 0.1) is 0 Å². The van der Waals surface area contributed by atoms with E-state index in [0.717, 1.165) is 29.7 Å². The minimum Gasteiger partial charge on any atom is -0.406 e. The lowest BCUT2D eigenvalue weighted by Crippen LogP contribution is -2.60. The lowest BCUT2D eigenvalue weighted by molar-refractivity contribution is -0.274. The van der Waals surface area contributed by atoms with Crippen LogP contribution in [0.3, 0.4) is 0 Å². The summed E-state index contributed by atoms with van der Waals surface area (Å²) in [7, 11) is 1.73. The number of alkyl halides is 3. The first-order chi connectivity index (χ1) is 14.6. The van der Waals surface area contributed by atoms with Crippen molar-refractivity contribution in [2.45, 2.75) is 38.8 Å². The van der Waals surface area contributed by atoms with Crippen LogP contribution in [0.4, 0.5) is 13.2 Å². The maximum absolute atomic E-state index is 12.3. The summed E-state index contributed by atoms with van der Waals surface area (Å²) < 4.78 is 42.5. The third-order valence-electron chi connectivity index (χ3n) is 5.67. The van der Waals surface area contributed by atoms with Gasteiger partial charge in [-0.05, 0) is 37.6 Å². The molecule has 0 radical (unpaired) electrons. The van der Waals surface area contributed by atoms with Crippen molar-refractivity contribution in [1.82, 2.24) is 19.4 Å². The molecular formula is C21H24F3N5O2. The molecule has 2 aromatic heterocycles. The van der Waals surface area contributed by atoms with Gasteiger partial charge in [-0.25, -0.2) is 0 Å². The largest absolute Gasteiger partial charge is 0.573 e. The first-order valence-corrected chi connectivity index (χ1v) is 10.0. The van der Waals surface area contributed by atoms with Crippen molar-refractivity contribution >= 4 is 11.0 Å². The van der Waals surface area contributed by atoms with E-state index >= 15 is 0 Å². The number of hydrogen-bond donors (Lipinski definition) is 0. The number of fused-ring (bicyclic) bond motifs is 1. The fraction of sp³-hybridized carbons (Fsp3) is 0.429. The van der Waals surface area contributed by atoms with Gasteiger partial charge in [0.15, 0.2) is 0 Å². The Morgan fingerprint density at radius 1 is 1.06 bits per heavy atom. The molecule has 0 bridgehead atoms. The fourth-order valence-electron chi connectivity index (χ4n) is 3.97. The molecule has 0 aliphatic carbocycles. The number of rotatable bonds is 4. The summed E-state index contributed by atoms with van der Waals surface area (Å²) in [5, 5.41) is 6.79. The zero-order valence-electron chi connectivity index (χ0n) is 17.5. The monoisotopic (exact) mass is 435 g/mol. The number of piperazine rings is 1. The van der Waals surface area contributed by atoms with Gasteiger partial charge in [-0.2, -0.15) is 9.89 Å². The van der Waals surface area contributed by atoms with Gasteiger partial charge in [0.05, 0.1) is 24.3 Å². The summed E-state index contributed by atoms with van der Waals surface area (Å²) in [6.07, 6.45) is -2.82. The molecule has 0 unspecified atom stereocenters. The van der Waals surface area contributed by atoms with E-state index in [1.807, 2.05) is 11.0 Å². The highest BCUT2D eigenvalue weighted by molar-refractivity contribution is 5.73. The number of aromatic nitrogens is 3. The van der Waals surface area contributed by atoms with Crippen LogP contribution >= 0.6 is 0 Å². The third kappa shape index (κ3) is 4.53. The average Bonchev–Trinajstić information content (AvgIpc) is 3.12. The van der Waals surface area contributed by atoms with Crippen molar-refractivity contribution in [1.29, 1.82) is 0 Å². The van der Waals surface area contributed by atoms with Crippen LogP contribution in [-0.4, -0.2) is 50.9 Å². The second-order valence-corrected chi connectivity index (χ2v) is 7.99.